The first-order valence-electron chi connectivity index (χ1n) is 6.64. The predicted molar refractivity (Wildman–Crippen MR) is 75.3 cm³/mol. The van der Waals surface area contributed by atoms with Gasteiger partial charge in [0.2, 0.25) is 0 Å². The van der Waals surface area contributed by atoms with Gasteiger partial charge in [0, 0.05) is 18.5 Å². The fraction of sp³-hybridized carbons (Fsp3) is 0.333. The molecule has 21 heavy (non-hydrogen) atoms. The number of aromatic nitrogens is 2. The van der Waals surface area contributed by atoms with Crippen LogP contribution >= 0.6 is 0 Å². The predicted octanol–water partition coefficient (Wildman–Crippen LogP) is 3.39. The molecule has 2 aromatic rings. The minimum atomic E-state index is -0.639. The minimum Gasteiger partial charge on any atom is -0.451 e. The van der Waals surface area contributed by atoms with Crippen LogP contribution in [0.1, 0.15) is 31.3 Å². The third-order valence-corrected chi connectivity index (χ3v) is 2.82. The second-order valence-corrected chi connectivity index (χ2v) is 4.90. The summed E-state index contributed by atoms with van der Waals surface area (Å²) in [5.74, 6) is -0.250. The Labute approximate surface area is 122 Å². The van der Waals surface area contributed by atoms with E-state index in [0.717, 1.165) is 18.2 Å². The maximum Gasteiger partial charge on any atom is 0.168 e. The molecule has 112 valence electrons. The van der Waals surface area contributed by atoms with Crippen molar-refractivity contribution >= 4 is 0 Å². The molecular formula is C15H17F2N3O. The van der Waals surface area contributed by atoms with Gasteiger partial charge in [0.1, 0.15) is 17.3 Å². The molecule has 0 aliphatic carbocycles. The van der Waals surface area contributed by atoms with Crippen molar-refractivity contribution in [3.63, 3.8) is 0 Å². The van der Waals surface area contributed by atoms with E-state index < -0.39 is 11.6 Å². The van der Waals surface area contributed by atoms with Gasteiger partial charge in [-0.3, -0.25) is 0 Å². The Morgan fingerprint density at radius 3 is 2.67 bits per heavy atom. The van der Waals surface area contributed by atoms with Crippen molar-refractivity contribution in [2.75, 3.05) is 7.05 Å². The molecule has 1 aromatic carbocycles. The molecule has 0 radical (unpaired) electrons. The zero-order valence-electron chi connectivity index (χ0n) is 12.2. The lowest BCUT2D eigenvalue weighted by molar-refractivity contribution is 0.425. The van der Waals surface area contributed by atoms with Crippen LogP contribution in [0, 0.1) is 11.6 Å². The van der Waals surface area contributed by atoms with Gasteiger partial charge in [0.25, 0.3) is 0 Å². The summed E-state index contributed by atoms with van der Waals surface area (Å²) in [5, 5.41) is 2.96. The second-order valence-electron chi connectivity index (χ2n) is 4.90. The highest BCUT2D eigenvalue weighted by Gasteiger charge is 2.13. The Morgan fingerprint density at radius 2 is 2.00 bits per heavy atom. The smallest absolute Gasteiger partial charge is 0.168 e. The molecule has 0 aliphatic heterocycles. The largest absolute Gasteiger partial charge is 0.451 e. The molecule has 1 N–H and O–H groups in total. The number of ether oxygens (including phenoxy) is 1. The maximum atomic E-state index is 13.6. The molecule has 0 aliphatic rings. The molecule has 0 bridgehead atoms. The quantitative estimate of drug-likeness (QED) is 0.918. The van der Waals surface area contributed by atoms with E-state index >= 15 is 0 Å². The zero-order valence-corrected chi connectivity index (χ0v) is 12.2. The van der Waals surface area contributed by atoms with Crippen LogP contribution in [0.5, 0.6) is 11.5 Å². The number of hydrogen-bond acceptors (Lipinski definition) is 4. The van der Waals surface area contributed by atoms with Crippen LogP contribution in [0.2, 0.25) is 0 Å². The summed E-state index contributed by atoms with van der Waals surface area (Å²) in [6, 6.07) is 3.05. The van der Waals surface area contributed by atoms with E-state index in [4.69, 9.17) is 4.74 Å². The van der Waals surface area contributed by atoms with Crippen molar-refractivity contribution in [1.29, 1.82) is 0 Å². The van der Waals surface area contributed by atoms with Gasteiger partial charge in [-0.05, 0) is 19.2 Å². The standard InChI is InChI=1S/C15H17F2N3O/c1-9(2)15-19-8-14(12(20-15)7-18-3)21-13-6-10(16)4-5-11(13)17/h4-6,8-9,18H,7H2,1-3H3. The van der Waals surface area contributed by atoms with Gasteiger partial charge in [-0.15, -0.1) is 0 Å². The number of rotatable bonds is 5. The van der Waals surface area contributed by atoms with Crippen LogP contribution in [0.15, 0.2) is 24.4 Å². The lowest BCUT2D eigenvalue weighted by Crippen LogP contribution is -2.11. The molecule has 0 amide bonds. The van der Waals surface area contributed by atoms with Crippen molar-refractivity contribution in [1.82, 2.24) is 15.3 Å². The van der Waals surface area contributed by atoms with Crippen LogP contribution in [0.4, 0.5) is 8.78 Å². The van der Waals surface area contributed by atoms with Gasteiger partial charge in [0.05, 0.1) is 6.20 Å². The van der Waals surface area contributed by atoms with E-state index in [-0.39, 0.29) is 11.7 Å². The molecule has 4 nitrogen and oxygen atoms in total. The van der Waals surface area contributed by atoms with Gasteiger partial charge in [-0.25, -0.2) is 18.7 Å². The third kappa shape index (κ3) is 3.72. The molecule has 0 spiro atoms. The van der Waals surface area contributed by atoms with Gasteiger partial charge in [-0.2, -0.15) is 0 Å². The summed E-state index contributed by atoms with van der Waals surface area (Å²) in [7, 11) is 1.77. The first-order valence-corrected chi connectivity index (χ1v) is 6.64. The van der Waals surface area contributed by atoms with E-state index in [1.54, 1.807) is 7.05 Å². The molecule has 1 aromatic heterocycles. The molecular weight excluding hydrogens is 276 g/mol. The van der Waals surface area contributed by atoms with E-state index in [9.17, 15) is 8.78 Å². The number of benzene rings is 1. The topological polar surface area (TPSA) is 47.0 Å². The van der Waals surface area contributed by atoms with E-state index in [1.807, 2.05) is 13.8 Å². The third-order valence-electron chi connectivity index (χ3n) is 2.82. The molecule has 2 rings (SSSR count). The summed E-state index contributed by atoms with van der Waals surface area (Å²) < 4.78 is 32.2. The zero-order chi connectivity index (χ0) is 15.4. The van der Waals surface area contributed by atoms with Gasteiger partial charge < -0.3 is 10.1 Å². The van der Waals surface area contributed by atoms with E-state index in [2.05, 4.69) is 15.3 Å². The Balaban J connectivity index is 2.36. The van der Waals surface area contributed by atoms with Crippen molar-refractivity contribution in [3.8, 4) is 11.5 Å². The van der Waals surface area contributed by atoms with Crippen molar-refractivity contribution in [3.05, 3.63) is 47.5 Å². The number of nitrogens with one attached hydrogen (secondary N) is 1. The number of nitrogens with zero attached hydrogens (tertiary/aromatic N) is 2. The summed E-state index contributed by atoms with van der Waals surface area (Å²) >= 11 is 0. The summed E-state index contributed by atoms with van der Waals surface area (Å²) in [6.45, 7) is 4.39. The van der Waals surface area contributed by atoms with Crippen LogP contribution in [-0.4, -0.2) is 17.0 Å². The first kappa shape index (κ1) is 15.3. The van der Waals surface area contributed by atoms with Crippen molar-refractivity contribution in [2.45, 2.75) is 26.3 Å². The lowest BCUT2D eigenvalue weighted by atomic mass is 10.2. The molecule has 0 fully saturated rings. The highest BCUT2D eigenvalue weighted by atomic mass is 19.1. The average molecular weight is 293 g/mol. The fourth-order valence-corrected chi connectivity index (χ4v) is 1.75. The van der Waals surface area contributed by atoms with E-state index in [1.165, 1.54) is 6.20 Å². The highest BCUT2D eigenvalue weighted by molar-refractivity contribution is 5.34. The average Bonchev–Trinajstić information content (AvgIpc) is 2.44. The summed E-state index contributed by atoms with van der Waals surface area (Å²) in [6.07, 6.45) is 1.49. The molecule has 0 unspecified atom stereocenters. The normalized spacial score (nSPS) is 11.0. The maximum absolute atomic E-state index is 13.6. The summed E-state index contributed by atoms with van der Waals surface area (Å²) in [5.41, 5.74) is 0.597. The van der Waals surface area contributed by atoms with Crippen molar-refractivity contribution < 1.29 is 13.5 Å². The van der Waals surface area contributed by atoms with Gasteiger partial charge >= 0.3 is 0 Å². The Kier molecular flexibility index (Phi) is 4.80. The molecule has 1 heterocycles. The Morgan fingerprint density at radius 1 is 1.24 bits per heavy atom. The van der Waals surface area contributed by atoms with Crippen molar-refractivity contribution in [2.24, 2.45) is 0 Å². The van der Waals surface area contributed by atoms with E-state index in [0.29, 0.717) is 23.8 Å². The van der Waals surface area contributed by atoms with Crippen LogP contribution < -0.4 is 10.1 Å². The van der Waals surface area contributed by atoms with Crippen LogP contribution in [0.3, 0.4) is 0 Å². The molecule has 6 heteroatoms. The minimum absolute atomic E-state index is 0.167. The van der Waals surface area contributed by atoms with Gasteiger partial charge in [-0.1, -0.05) is 13.8 Å². The number of hydrogen-bond donors (Lipinski definition) is 1. The van der Waals surface area contributed by atoms with Gasteiger partial charge in [0.15, 0.2) is 17.3 Å². The Bertz CT molecular complexity index is 632. The monoisotopic (exact) mass is 293 g/mol. The molecule has 0 atom stereocenters. The fourth-order valence-electron chi connectivity index (χ4n) is 1.75. The second kappa shape index (κ2) is 6.58. The molecule has 0 saturated heterocycles. The Hall–Kier alpha value is -2.08. The first-order chi connectivity index (χ1) is 10.0. The van der Waals surface area contributed by atoms with Crippen LogP contribution in [0.25, 0.3) is 0 Å². The van der Waals surface area contributed by atoms with Crippen LogP contribution in [-0.2, 0) is 6.54 Å². The SMILES string of the molecule is CNCc1nc(C(C)C)ncc1Oc1cc(F)ccc1F. The summed E-state index contributed by atoms with van der Waals surface area (Å²) in [4.78, 5) is 8.58. The lowest BCUT2D eigenvalue weighted by Gasteiger charge is -2.13. The highest BCUT2D eigenvalue weighted by Crippen LogP contribution is 2.27. The molecule has 0 saturated carbocycles. The number of halogens is 2.